The largest absolute Gasteiger partial charge is 0.321 e. The van der Waals surface area contributed by atoms with Crippen molar-refractivity contribution in [3.63, 3.8) is 0 Å². The fraction of sp³-hybridized carbons (Fsp3) is 0.0645. The van der Waals surface area contributed by atoms with E-state index in [-0.39, 0.29) is 11.5 Å². The molecular weight excluding hydrogens is 597 g/mol. The van der Waals surface area contributed by atoms with Gasteiger partial charge in [-0.15, -0.1) is 0 Å². The first-order chi connectivity index (χ1) is 18.9. The Morgan fingerprint density at radius 3 is 2.36 bits per heavy atom. The predicted octanol–water partition coefficient (Wildman–Crippen LogP) is 8.26. The average Bonchev–Trinajstić information content (AvgIpc) is 3.38. The number of fused-ring (bicyclic) bond motifs is 1. The van der Waals surface area contributed by atoms with Gasteiger partial charge in [0.25, 0.3) is 11.5 Å². The van der Waals surface area contributed by atoms with Crippen LogP contribution in [0.15, 0.2) is 111 Å². The number of aromatic amines is 1. The van der Waals surface area contributed by atoms with E-state index in [0.717, 1.165) is 26.5 Å². The van der Waals surface area contributed by atoms with Gasteiger partial charge in [-0.3, -0.25) is 9.59 Å². The monoisotopic (exact) mass is 615 g/mol. The van der Waals surface area contributed by atoms with Gasteiger partial charge < -0.3 is 4.98 Å². The number of halogens is 3. The molecular formula is C31H20BrCl2N3O2. The zero-order valence-corrected chi connectivity index (χ0v) is 23.5. The Kier molecular flexibility index (Phi) is 6.85. The van der Waals surface area contributed by atoms with Gasteiger partial charge in [-0.25, -0.2) is 5.01 Å². The van der Waals surface area contributed by atoms with Crippen LogP contribution < -0.4 is 5.56 Å². The topological polar surface area (TPSA) is 65.5 Å². The molecule has 1 aromatic heterocycles. The molecule has 1 N–H and O–H groups in total. The van der Waals surface area contributed by atoms with E-state index in [1.165, 1.54) is 5.01 Å². The number of carbonyl (C=O) groups is 1. The number of aromatic nitrogens is 1. The van der Waals surface area contributed by atoms with E-state index in [1.807, 2.05) is 60.7 Å². The van der Waals surface area contributed by atoms with Gasteiger partial charge in [0.2, 0.25) is 0 Å². The van der Waals surface area contributed by atoms with E-state index in [0.29, 0.717) is 38.8 Å². The highest BCUT2D eigenvalue weighted by Gasteiger charge is 2.36. The average molecular weight is 617 g/mol. The van der Waals surface area contributed by atoms with Crippen molar-refractivity contribution in [2.24, 2.45) is 5.10 Å². The summed E-state index contributed by atoms with van der Waals surface area (Å²) in [5.74, 6) is -0.343. The Balaban J connectivity index is 1.58. The molecule has 5 aromatic rings. The van der Waals surface area contributed by atoms with Crippen LogP contribution in [0.3, 0.4) is 0 Å². The molecule has 39 heavy (non-hydrogen) atoms. The number of hydrogen-bond donors (Lipinski definition) is 1. The zero-order valence-electron chi connectivity index (χ0n) is 20.4. The van der Waals surface area contributed by atoms with Gasteiger partial charge in [0.15, 0.2) is 0 Å². The van der Waals surface area contributed by atoms with Gasteiger partial charge in [-0.2, -0.15) is 5.10 Å². The first-order valence-corrected chi connectivity index (χ1v) is 13.8. The fourth-order valence-electron chi connectivity index (χ4n) is 5.00. The van der Waals surface area contributed by atoms with Gasteiger partial charge >= 0.3 is 0 Å². The summed E-state index contributed by atoms with van der Waals surface area (Å²) < 4.78 is 0.920. The third-order valence-electron chi connectivity index (χ3n) is 6.80. The molecule has 8 heteroatoms. The maximum atomic E-state index is 13.8. The van der Waals surface area contributed by atoms with Gasteiger partial charge in [-0.05, 0) is 53.6 Å². The molecule has 1 atom stereocenters. The van der Waals surface area contributed by atoms with E-state index in [1.54, 1.807) is 36.4 Å². The third-order valence-corrected chi connectivity index (χ3v) is 7.90. The second-order valence-corrected chi connectivity index (χ2v) is 11.0. The van der Waals surface area contributed by atoms with Crippen LogP contribution in [-0.4, -0.2) is 21.6 Å². The van der Waals surface area contributed by atoms with Crippen LogP contribution in [0.2, 0.25) is 10.0 Å². The summed E-state index contributed by atoms with van der Waals surface area (Å²) in [5.41, 5.74) is 4.09. The minimum atomic E-state index is -0.435. The van der Waals surface area contributed by atoms with E-state index in [2.05, 4.69) is 20.9 Å². The first kappa shape index (κ1) is 25.6. The number of carbonyl (C=O) groups excluding carboxylic acids is 1. The van der Waals surface area contributed by atoms with Gasteiger partial charge in [-0.1, -0.05) is 93.7 Å². The predicted molar refractivity (Wildman–Crippen MR) is 161 cm³/mol. The van der Waals surface area contributed by atoms with Crippen molar-refractivity contribution in [1.29, 1.82) is 0 Å². The Morgan fingerprint density at radius 2 is 1.62 bits per heavy atom. The van der Waals surface area contributed by atoms with Crippen LogP contribution in [0.4, 0.5) is 0 Å². The zero-order chi connectivity index (χ0) is 27.1. The minimum Gasteiger partial charge on any atom is -0.321 e. The highest BCUT2D eigenvalue weighted by atomic mass is 79.9. The molecule has 0 bridgehead atoms. The molecule has 0 aliphatic carbocycles. The summed E-state index contributed by atoms with van der Waals surface area (Å²) in [4.78, 5) is 30.5. The van der Waals surface area contributed by atoms with E-state index in [4.69, 9.17) is 28.3 Å². The molecule has 4 aromatic carbocycles. The molecule has 5 nitrogen and oxygen atoms in total. The third kappa shape index (κ3) is 4.80. The number of amides is 1. The summed E-state index contributed by atoms with van der Waals surface area (Å²) in [7, 11) is 0. The van der Waals surface area contributed by atoms with Crippen LogP contribution in [-0.2, 0) is 0 Å². The van der Waals surface area contributed by atoms with E-state index >= 15 is 0 Å². The minimum absolute atomic E-state index is 0.288. The number of nitrogens with zero attached hydrogens (tertiary/aromatic N) is 2. The van der Waals surface area contributed by atoms with Crippen molar-refractivity contribution in [1.82, 2.24) is 9.99 Å². The summed E-state index contributed by atoms with van der Waals surface area (Å²) in [6, 6.07) is 29.2. The molecule has 2 heterocycles. The molecule has 1 aliphatic rings. The standard InChI is InChI=1S/C31H20BrCl2N3O2/c32-20-12-10-18(11-13-20)27-17-26(36-37(27)31(39)22-8-4-5-9-24(22)34)29-28(19-6-2-1-3-7-19)23-16-21(33)14-15-25(23)35-30(29)38/h1-16,27H,17H2,(H,35,38)/t27-/m1/s1. The lowest BCUT2D eigenvalue weighted by Crippen LogP contribution is -2.27. The van der Waals surface area contributed by atoms with Crippen LogP contribution in [0.5, 0.6) is 0 Å². The SMILES string of the molecule is O=C(c1ccccc1Cl)N1N=C(c2c(-c3ccccc3)c3cc(Cl)ccc3[nH]c2=O)C[C@@H]1c1ccc(Br)cc1. The smallest absolute Gasteiger partial charge is 0.276 e. The lowest BCUT2D eigenvalue weighted by molar-refractivity contribution is 0.0711. The molecule has 192 valence electrons. The molecule has 0 saturated carbocycles. The number of rotatable bonds is 4. The number of nitrogens with one attached hydrogen (secondary N) is 1. The van der Waals surface area contributed by atoms with Crippen molar-refractivity contribution >= 4 is 61.7 Å². The Hall–Kier alpha value is -3.71. The fourth-order valence-corrected chi connectivity index (χ4v) is 5.65. The van der Waals surface area contributed by atoms with Crippen LogP contribution >= 0.6 is 39.1 Å². The normalized spacial score (nSPS) is 15.0. The number of benzene rings is 4. The second kappa shape index (κ2) is 10.5. The number of hydrazone groups is 1. The lowest BCUT2D eigenvalue weighted by atomic mass is 9.91. The van der Waals surface area contributed by atoms with Crippen molar-refractivity contribution < 1.29 is 4.79 Å². The molecule has 0 saturated heterocycles. The Bertz CT molecular complexity index is 1820. The summed E-state index contributed by atoms with van der Waals surface area (Å²) >= 11 is 16.3. The van der Waals surface area contributed by atoms with Crippen molar-refractivity contribution in [2.75, 3.05) is 0 Å². The molecule has 1 aliphatic heterocycles. The van der Waals surface area contributed by atoms with Crippen molar-refractivity contribution in [3.05, 3.63) is 139 Å². The van der Waals surface area contributed by atoms with Crippen molar-refractivity contribution in [3.8, 4) is 11.1 Å². The second-order valence-electron chi connectivity index (χ2n) is 9.21. The highest BCUT2D eigenvalue weighted by molar-refractivity contribution is 9.10. The van der Waals surface area contributed by atoms with Gasteiger partial charge in [0.1, 0.15) is 0 Å². The van der Waals surface area contributed by atoms with E-state index in [9.17, 15) is 9.59 Å². The molecule has 0 radical (unpaired) electrons. The quantitative estimate of drug-likeness (QED) is 0.221. The maximum Gasteiger partial charge on any atom is 0.276 e. The number of H-pyrrole nitrogens is 1. The Morgan fingerprint density at radius 1 is 0.897 bits per heavy atom. The molecule has 0 unspecified atom stereocenters. The molecule has 6 rings (SSSR count). The number of hydrogen-bond acceptors (Lipinski definition) is 3. The van der Waals surface area contributed by atoms with Crippen LogP contribution in [0.1, 0.15) is 33.9 Å². The molecule has 0 spiro atoms. The first-order valence-electron chi connectivity index (χ1n) is 12.2. The van der Waals surface area contributed by atoms with Gasteiger partial charge in [0, 0.05) is 32.4 Å². The summed E-state index contributed by atoms with van der Waals surface area (Å²) in [6.07, 6.45) is 0.340. The Labute approximate surface area is 242 Å². The highest BCUT2D eigenvalue weighted by Crippen LogP contribution is 2.38. The summed E-state index contributed by atoms with van der Waals surface area (Å²) in [6.45, 7) is 0. The van der Waals surface area contributed by atoms with Crippen LogP contribution in [0.25, 0.3) is 22.0 Å². The van der Waals surface area contributed by atoms with Gasteiger partial charge in [0.05, 0.1) is 27.9 Å². The van der Waals surface area contributed by atoms with Crippen molar-refractivity contribution in [2.45, 2.75) is 12.5 Å². The number of pyridine rings is 1. The summed E-state index contributed by atoms with van der Waals surface area (Å²) in [5, 5.41) is 7.93. The molecule has 0 fully saturated rings. The molecule has 1 amide bonds. The maximum absolute atomic E-state index is 13.8. The van der Waals surface area contributed by atoms with Crippen LogP contribution in [0, 0.1) is 0 Å². The lowest BCUT2D eigenvalue weighted by Gasteiger charge is -2.22. The van der Waals surface area contributed by atoms with E-state index < -0.39 is 6.04 Å².